The lowest BCUT2D eigenvalue weighted by Crippen LogP contribution is -2.48. The monoisotopic (exact) mass is 313 g/mol. The number of halogens is 2. The third-order valence-electron chi connectivity index (χ3n) is 3.79. The number of nitrogens with zero attached hydrogens (tertiary/aromatic N) is 1. The summed E-state index contributed by atoms with van der Waals surface area (Å²) in [5.74, 6) is -2.31. The zero-order valence-corrected chi connectivity index (χ0v) is 12.6. The average molecular weight is 314 g/mol. The second-order valence-electron chi connectivity index (χ2n) is 5.49. The van der Waals surface area contributed by atoms with E-state index in [1.54, 1.807) is 4.90 Å². The second-order valence-corrected chi connectivity index (χ2v) is 5.90. The van der Waals surface area contributed by atoms with Gasteiger partial charge in [0.05, 0.1) is 12.0 Å². The minimum absolute atomic E-state index is 0.104. The first-order valence-corrected chi connectivity index (χ1v) is 7.19. The number of hydrogen-bond acceptors (Lipinski definition) is 2. The van der Waals surface area contributed by atoms with Gasteiger partial charge in [0.15, 0.2) is 0 Å². The van der Waals surface area contributed by atoms with Crippen LogP contribution in [0.3, 0.4) is 0 Å². The van der Waals surface area contributed by atoms with Crippen LogP contribution in [0, 0.1) is 11.7 Å². The summed E-state index contributed by atoms with van der Waals surface area (Å²) in [6, 6.07) is 3.01. The molecule has 0 saturated carbocycles. The summed E-state index contributed by atoms with van der Waals surface area (Å²) in [4.78, 5) is 25.3. The van der Waals surface area contributed by atoms with Gasteiger partial charge in [0.1, 0.15) is 5.82 Å². The van der Waals surface area contributed by atoms with Crippen molar-refractivity contribution in [1.29, 1.82) is 0 Å². The van der Waals surface area contributed by atoms with Gasteiger partial charge in [-0.1, -0.05) is 17.7 Å². The van der Waals surface area contributed by atoms with E-state index in [9.17, 15) is 19.1 Å². The molecule has 1 aliphatic heterocycles. The number of carboxylic acids is 1. The maximum atomic E-state index is 13.2. The van der Waals surface area contributed by atoms with Gasteiger partial charge < -0.3 is 10.0 Å². The number of rotatable bonds is 3. The number of carbonyl (C=O) groups excluding carboxylic acids is 1. The van der Waals surface area contributed by atoms with Crippen LogP contribution >= 0.6 is 11.6 Å². The van der Waals surface area contributed by atoms with Crippen molar-refractivity contribution in [1.82, 2.24) is 4.90 Å². The van der Waals surface area contributed by atoms with E-state index in [0.717, 1.165) is 6.07 Å². The molecule has 1 aromatic rings. The highest BCUT2D eigenvalue weighted by Crippen LogP contribution is 2.41. The van der Waals surface area contributed by atoms with E-state index in [1.807, 2.05) is 13.8 Å². The van der Waals surface area contributed by atoms with Crippen molar-refractivity contribution in [2.75, 3.05) is 0 Å². The number of benzene rings is 1. The van der Waals surface area contributed by atoms with Crippen LogP contribution in [0.4, 0.5) is 4.39 Å². The summed E-state index contributed by atoms with van der Waals surface area (Å²) < 4.78 is 13.2. The maximum Gasteiger partial charge on any atom is 0.308 e. The summed E-state index contributed by atoms with van der Waals surface area (Å²) in [7, 11) is 0. The molecule has 1 saturated heterocycles. The molecule has 1 amide bonds. The van der Waals surface area contributed by atoms with E-state index >= 15 is 0 Å². The summed E-state index contributed by atoms with van der Waals surface area (Å²) in [6.45, 7) is 3.65. The zero-order valence-electron chi connectivity index (χ0n) is 11.8. The van der Waals surface area contributed by atoms with E-state index in [0.29, 0.717) is 5.56 Å². The molecule has 1 aliphatic rings. The molecule has 6 heteroatoms. The molecular weight excluding hydrogens is 297 g/mol. The van der Waals surface area contributed by atoms with Gasteiger partial charge >= 0.3 is 5.97 Å². The van der Waals surface area contributed by atoms with Gasteiger partial charge in [-0.15, -0.1) is 0 Å². The molecule has 114 valence electrons. The van der Waals surface area contributed by atoms with Crippen LogP contribution < -0.4 is 0 Å². The first kappa shape index (κ1) is 15.8. The molecule has 2 atom stereocenters. The van der Waals surface area contributed by atoms with Crippen LogP contribution in [0.25, 0.3) is 0 Å². The normalized spacial score (nSPS) is 22.7. The molecule has 0 bridgehead atoms. The summed E-state index contributed by atoms with van der Waals surface area (Å²) in [5.41, 5.74) is 0.479. The molecule has 4 nitrogen and oxygen atoms in total. The van der Waals surface area contributed by atoms with Gasteiger partial charge in [0, 0.05) is 17.5 Å². The summed E-state index contributed by atoms with van der Waals surface area (Å²) in [6.07, 6.45) is 0.459. The van der Waals surface area contributed by atoms with Gasteiger partial charge in [-0.25, -0.2) is 4.39 Å². The van der Waals surface area contributed by atoms with E-state index in [1.165, 1.54) is 12.1 Å². The predicted octanol–water partition coefficient (Wildman–Crippen LogP) is 3.25. The number of aliphatic carboxylic acids is 1. The lowest BCUT2D eigenvalue weighted by Gasteiger charge is -2.42. The Morgan fingerprint density at radius 1 is 1.48 bits per heavy atom. The average Bonchev–Trinajstić information content (AvgIpc) is 2.37. The Labute approximate surface area is 127 Å². The van der Waals surface area contributed by atoms with Crippen LogP contribution in [-0.4, -0.2) is 27.9 Å². The topological polar surface area (TPSA) is 57.6 Å². The van der Waals surface area contributed by atoms with Gasteiger partial charge in [-0.3, -0.25) is 9.59 Å². The van der Waals surface area contributed by atoms with Crippen molar-refractivity contribution >= 4 is 23.5 Å². The minimum atomic E-state index is -0.974. The Kier molecular flexibility index (Phi) is 4.52. The van der Waals surface area contributed by atoms with Crippen molar-refractivity contribution in [3.8, 4) is 0 Å². The smallest absolute Gasteiger partial charge is 0.308 e. The summed E-state index contributed by atoms with van der Waals surface area (Å²) >= 11 is 6.08. The summed E-state index contributed by atoms with van der Waals surface area (Å²) in [5, 5.41) is 9.59. The lowest BCUT2D eigenvalue weighted by molar-refractivity contribution is -0.153. The van der Waals surface area contributed by atoms with Crippen molar-refractivity contribution in [2.24, 2.45) is 5.92 Å². The molecule has 1 aromatic carbocycles. The fourth-order valence-electron chi connectivity index (χ4n) is 2.89. The van der Waals surface area contributed by atoms with Gasteiger partial charge in [0.2, 0.25) is 5.91 Å². The van der Waals surface area contributed by atoms with Crippen LogP contribution in [0.15, 0.2) is 18.2 Å². The number of carboxylic acid groups (broad SMARTS) is 1. The highest BCUT2D eigenvalue weighted by molar-refractivity contribution is 6.31. The Morgan fingerprint density at radius 2 is 2.14 bits per heavy atom. The Bertz CT molecular complexity index is 576. The molecule has 1 fully saturated rings. The van der Waals surface area contributed by atoms with Gasteiger partial charge in [-0.05, 0) is 38.0 Å². The maximum absolute atomic E-state index is 13.2. The van der Waals surface area contributed by atoms with E-state index in [2.05, 4.69) is 0 Å². The van der Waals surface area contributed by atoms with Crippen molar-refractivity contribution < 1.29 is 19.1 Å². The molecule has 0 radical (unpaired) electrons. The highest BCUT2D eigenvalue weighted by Gasteiger charge is 2.42. The molecular formula is C15H17ClFNO3. The Hall–Kier alpha value is -1.62. The molecule has 1 N–H and O–H groups in total. The molecule has 1 heterocycles. The molecule has 2 unspecified atom stereocenters. The SMILES string of the molecule is CC(C)N1C(=O)CCC(C(=O)O)C1c1ccc(F)cc1Cl. The fourth-order valence-corrected chi connectivity index (χ4v) is 3.17. The predicted molar refractivity (Wildman–Crippen MR) is 76.5 cm³/mol. The Balaban J connectivity index is 2.54. The number of amides is 1. The first-order valence-electron chi connectivity index (χ1n) is 6.82. The lowest BCUT2D eigenvalue weighted by atomic mass is 9.83. The first-order chi connectivity index (χ1) is 9.82. The van der Waals surface area contributed by atoms with E-state index < -0.39 is 23.7 Å². The van der Waals surface area contributed by atoms with Crippen molar-refractivity contribution in [2.45, 2.75) is 38.8 Å². The quantitative estimate of drug-likeness (QED) is 0.932. The number of likely N-dealkylation sites (tertiary alicyclic amines) is 1. The fraction of sp³-hybridized carbons (Fsp3) is 0.467. The molecule has 2 rings (SSSR count). The van der Waals surface area contributed by atoms with Gasteiger partial charge in [0.25, 0.3) is 0 Å². The largest absolute Gasteiger partial charge is 0.481 e. The molecule has 0 aliphatic carbocycles. The standard InChI is InChI=1S/C15H17ClFNO3/c1-8(2)18-13(19)6-5-11(15(20)21)14(18)10-4-3-9(17)7-12(10)16/h3-4,7-8,11,14H,5-6H2,1-2H3,(H,20,21). The van der Waals surface area contributed by atoms with Crippen LogP contribution in [0.1, 0.15) is 38.3 Å². The third-order valence-corrected chi connectivity index (χ3v) is 4.12. The second kappa shape index (κ2) is 6.02. The van der Waals surface area contributed by atoms with Crippen LogP contribution in [0.2, 0.25) is 5.02 Å². The number of carbonyl (C=O) groups is 2. The number of hydrogen-bond donors (Lipinski definition) is 1. The minimum Gasteiger partial charge on any atom is -0.481 e. The number of piperidine rings is 1. The third kappa shape index (κ3) is 3.02. The molecule has 0 aromatic heterocycles. The van der Waals surface area contributed by atoms with E-state index in [-0.39, 0.29) is 29.8 Å². The van der Waals surface area contributed by atoms with Crippen LogP contribution in [-0.2, 0) is 9.59 Å². The van der Waals surface area contributed by atoms with Crippen molar-refractivity contribution in [3.05, 3.63) is 34.6 Å². The van der Waals surface area contributed by atoms with Crippen LogP contribution in [0.5, 0.6) is 0 Å². The highest BCUT2D eigenvalue weighted by atomic mass is 35.5. The van der Waals surface area contributed by atoms with Gasteiger partial charge in [-0.2, -0.15) is 0 Å². The molecule has 21 heavy (non-hydrogen) atoms. The zero-order chi connectivity index (χ0) is 15.7. The Morgan fingerprint density at radius 3 is 2.67 bits per heavy atom. The molecule has 0 spiro atoms. The van der Waals surface area contributed by atoms with Crippen molar-refractivity contribution in [3.63, 3.8) is 0 Å². The van der Waals surface area contributed by atoms with E-state index in [4.69, 9.17) is 11.6 Å².